The fraction of sp³-hybridized carbons (Fsp3) is 0.667. The number of likely N-dealkylation sites (tertiary alicyclic amines) is 1. The molecule has 1 atom stereocenters. The largest absolute Gasteiger partial charge is 0.315 e. The van der Waals surface area contributed by atoms with Crippen LogP contribution in [0.3, 0.4) is 0 Å². The van der Waals surface area contributed by atoms with Crippen molar-refractivity contribution >= 4 is 0 Å². The van der Waals surface area contributed by atoms with Crippen LogP contribution < -0.4 is 5.32 Å². The van der Waals surface area contributed by atoms with Crippen LogP contribution in [0, 0.1) is 0 Å². The van der Waals surface area contributed by atoms with Gasteiger partial charge in [-0.05, 0) is 57.8 Å². The van der Waals surface area contributed by atoms with Gasteiger partial charge in [-0.25, -0.2) is 0 Å². The first-order valence-electron chi connectivity index (χ1n) is 8.23. The van der Waals surface area contributed by atoms with E-state index in [1.54, 1.807) is 0 Å². The minimum Gasteiger partial charge on any atom is -0.315 e. The lowest BCUT2D eigenvalue weighted by Gasteiger charge is -2.47. The van der Waals surface area contributed by atoms with Gasteiger partial charge in [0.15, 0.2) is 0 Å². The molecule has 0 radical (unpaired) electrons. The predicted molar refractivity (Wildman–Crippen MR) is 87.1 cm³/mol. The van der Waals surface area contributed by atoms with Crippen molar-refractivity contribution < 1.29 is 0 Å². The summed E-state index contributed by atoms with van der Waals surface area (Å²) in [6.07, 6.45) is 6.30. The number of likely N-dealkylation sites (N-methyl/N-ethyl adjacent to an activating group) is 1. The molecule has 112 valence electrons. The average Bonchev–Trinajstić information content (AvgIpc) is 3.03. The topological polar surface area (TPSA) is 15.3 Å². The highest BCUT2D eigenvalue weighted by Gasteiger charge is 2.41. The second-order valence-corrected chi connectivity index (χ2v) is 6.04. The van der Waals surface area contributed by atoms with E-state index in [0.717, 1.165) is 6.42 Å². The molecular weight excluding hydrogens is 244 g/mol. The number of hydrogen-bond donors (Lipinski definition) is 1. The van der Waals surface area contributed by atoms with Crippen LogP contribution in [-0.2, 0) is 6.42 Å². The van der Waals surface area contributed by atoms with Crippen LogP contribution in [0.2, 0.25) is 0 Å². The predicted octanol–water partition coefficient (Wildman–Crippen LogP) is 3.47. The lowest BCUT2D eigenvalue weighted by molar-refractivity contribution is 0.0650. The van der Waals surface area contributed by atoms with E-state index in [0.29, 0.717) is 11.6 Å². The van der Waals surface area contributed by atoms with Gasteiger partial charge in [0.05, 0.1) is 0 Å². The van der Waals surface area contributed by atoms with E-state index in [1.807, 2.05) is 0 Å². The molecule has 2 rings (SSSR count). The summed E-state index contributed by atoms with van der Waals surface area (Å²) in [7, 11) is 2.13. The second-order valence-electron chi connectivity index (χ2n) is 6.04. The summed E-state index contributed by atoms with van der Waals surface area (Å²) in [5.74, 6) is 0. The molecule has 0 aliphatic carbocycles. The summed E-state index contributed by atoms with van der Waals surface area (Å²) in [5, 5.41) is 3.63. The summed E-state index contributed by atoms with van der Waals surface area (Å²) in [6, 6.07) is 11.4. The number of hydrogen-bond acceptors (Lipinski definition) is 2. The molecule has 2 heteroatoms. The second kappa shape index (κ2) is 7.24. The lowest BCUT2D eigenvalue weighted by Crippen LogP contribution is -2.60. The fourth-order valence-electron chi connectivity index (χ4n) is 3.98. The van der Waals surface area contributed by atoms with Crippen LogP contribution in [0.1, 0.15) is 45.1 Å². The zero-order valence-corrected chi connectivity index (χ0v) is 13.4. The first kappa shape index (κ1) is 15.5. The van der Waals surface area contributed by atoms with E-state index in [9.17, 15) is 0 Å². The van der Waals surface area contributed by atoms with Crippen LogP contribution >= 0.6 is 0 Å². The molecular formula is C18H30N2. The lowest BCUT2D eigenvalue weighted by atomic mass is 9.80. The molecule has 20 heavy (non-hydrogen) atoms. The Morgan fingerprint density at radius 1 is 1.10 bits per heavy atom. The van der Waals surface area contributed by atoms with Gasteiger partial charge < -0.3 is 5.32 Å². The van der Waals surface area contributed by atoms with Crippen LogP contribution in [0.15, 0.2) is 30.3 Å². The zero-order valence-electron chi connectivity index (χ0n) is 13.4. The maximum Gasteiger partial charge on any atom is 0.0360 e. The van der Waals surface area contributed by atoms with Gasteiger partial charge in [0, 0.05) is 11.6 Å². The van der Waals surface area contributed by atoms with Gasteiger partial charge in [0.25, 0.3) is 0 Å². The van der Waals surface area contributed by atoms with Crippen LogP contribution in [0.25, 0.3) is 0 Å². The molecule has 1 aromatic carbocycles. The zero-order chi connectivity index (χ0) is 14.4. The molecule has 1 unspecified atom stereocenters. The standard InChI is InChI=1S/C18H30N2/c1-4-18(5-2,20-13-9-10-14-20)17(19-3)15-16-11-7-6-8-12-16/h6-8,11-12,17,19H,4-5,9-10,13-15H2,1-3H3. The van der Waals surface area contributed by atoms with E-state index in [1.165, 1.54) is 44.3 Å². The summed E-state index contributed by atoms with van der Waals surface area (Å²) < 4.78 is 0. The van der Waals surface area contributed by atoms with Crippen molar-refractivity contribution in [3.05, 3.63) is 35.9 Å². The smallest absolute Gasteiger partial charge is 0.0360 e. The van der Waals surface area contributed by atoms with Crippen molar-refractivity contribution in [3.8, 4) is 0 Å². The van der Waals surface area contributed by atoms with Crippen LogP contribution in [0.5, 0.6) is 0 Å². The van der Waals surface area contributed by atoms with Gasteiger partial charge in [-0.15, -0.1) is 0 Å². The fourth-order valence-corrected chi connectivity index (χ4v) is 3.98. The van der Waals surface area contributed by atoms with Crippen molar-refractivity contribution in [2.24, 2.45) is 0 Å². The third-order valence-corrected chi connectivity index (χ3v) is 5.24. The van der Waals surface area contributed by atoms with E-state index in [4.69, 9.17) is 0 Å². The SMILES string of the molecule is CCC(CC)(C(Cc1ccccc1)NC)N1CCCC1. The minimum absolute atomic E-state index is 0.307. The Morgan fingerprint density at radius 2 is 1.70 bits per heavy atom. The van der Waals surface area contributed by atoms with Gasteiger partial charge >= 0.3 is 0 Å². The Hall–Kier alpha value is -0.860. The molecule has 1 heterocycles. The summed E-state index contributed by atoms with van der Waals surface area (Å²) >= 11 is 0. The van der Waals surface area contributed by atoms with E-state index < -0.39 is 0 Å². The monoisotopic (exact) mass is 274 g/mol. The maximum absolute atomic E-state index is 3.63. The van der Waals surface area contributed by atoms with Gasteiger partial charge in [0.1, 0.15) is 0 Å². The Bertz CT molecular complexity index is 378. The third-order valence-electron chi connectivity index (χ3n) is 5.24. The summed E-state index contributed by atoms with van der Waals surface area (Å²) in [4.78, 5) is 2.75. The van der Waals surface area contributed by atoms with Crippen LogP contribution in [-0.4, -0.2) is 36.6 Å². The molecule has 1 N–H and O–H groups in total. The maximum atomic E-state index is 3.63. The number of benzene rings is 1. The Balaban J connectivity index is 2.20. The Kier molecular flexibility index (Phi) is 5.62. The highest BCUT2D eigenvalue weighted by molar-refractivity contribution is 5.18. The third kappa shape index (κ3) is 3.07. The molecule has 0 aromatic heterocycles. The molecule has 2 nitrogen and oxygen atoms in total. The van der Waals surface area contributed by atoms with Gasteiger partial charge in [-0.3, -0.25) is 4.90 Å². The van der Waals surface area contributed by atoms with Crippen molar-refractivity contribution in [1.82, 2.24) is 10.2 Å². The number of nitrogens with zero attached hydrogens (tertiary/aromatic N) is 1. The summed E-state index contributed by atoms with van der Waals surface area (Å²) in [6.45, 7) is 7.26. The van der Waals surface area contributed by atoms with Crippen LogP contribution in [0.4, 0.5) is 0 Å². The molecule has 1 fully saturated rings. The Labute approximate surface area is 124 Å². The minimum atomic E-state index is 0.307. The first-order chi connectivity index (χ1) is 9.76. The first-order valence-corrected chi connectivity index (χ1v) is 8.23. The molecule has 0 saturated carbocycles. The molecule has 1 aliphatic heterocycles. The highest BCUT2D eigenvalue weighted by Crippen LogP contribution is 2.33. The van der Waals surface area contributed by atoms with E-state index >= 15 is 0 Å². The quantitative estimate of drug-likeness (QED) is 0.819. The normalized spacial score (nSPS) is 18.4. The van der Waals surface area contributed by atoms with E-state index in [2.05, 4.69) is 61.4 Å². The molecule has 1 aliphatic rings. The van der Waals surface area contributed by atoms with E-state index in [-0.39, 0.29) is 0 Å². The van der Waals surface area contributed by atoms with Crippen molar-refractivity contribution in [2.75, 3.05) is 20.1 Å². The van der Waals surface area contributed by atoms with Crippen molar-refractivity contribution in [2.45, 2.75) is 57.5 Å². The highest BCUT2D eigenvalue weighted by atomic mass is 15.2. The van der Waals surface area contributed by atoms with Gasteiger partial charge in [-0.1, -0.05) is 44.2 Å². The molecule has 0 amide bonds. The molecule has 1 saturated heterocycles. The molecule has 0 bridgehead atoms. The van der Waals surface area contributed by atoms with Crippen molar-refractivity contribution in [3.63, 3.8) is 0 Å². The molecule has 0 spiro atoms. The molecule has 1 aromatic rings. The number of rotatable bonds is 7. The van der Waals surface area contributed by atoms with Gasteiger partial charge in [-0.2, -0.15) is 0 Å². The van der Waals surface area contributed by atoms with Gasteiger partial charge in [0.2, 0.25) is 0 Å². The Morgan fingerprint density at radius 3 is 2.20 bits per heavy atom. The number of nitrogens with one attached hydrogen (secondary N) is 1. The summed E-state index contributed by atoms with van der Waals surface area (Å²) in [5.41, 5.74) is 1.75. The van der Waals surface area contributed by atoms with Crippen molar-refractivity contribution in [1.29, 1.82) is 0 Å². The average molecular weight is 274 g/mol.